The summed E-state index contributed by atoms with van der Waals surface area (Å²) in [6.45, 7) is 0. The second kappa shape index (κ2) is 5.10. The summed E-state index contributed by atoms with van der Waals surface area (Å²) in [5, 5.41) is 13.3. The largest absolute Gasteiger partial charge is 0.478 e. The Labute approximate surface area is 141 Å². The number of nitrogens with one attached hydrogen (secondary N) is 1. The average molecular weight is 319 g/mol. The first-order valence-electron chi connectivity index (χ1n) is 8.91. The van der Waals surface area contributed by atoms with Gasteiger partial charge in [-0.15, -0.1) is 0 Å². The molecule has 0 aromatic heterocycles. The molecule has 1 aliphatic heterocycles. The Hall–Kier alpha value is -2.29. The molecule has 3 nitrogen and oxygen atoms in total. The van der Waals surface area contributed by atoms with Crippen molar-refractivity contribution in [1.82, 2.24) is 0 Å². The average Bonchev–Trinajstić information content (AvgIpc) is 3.23. The summed E-state index contributed by atoms with van der Waals surface area (Å²) in [6, 6.07) is 16.6. The van der Waals surface area contributed by atoms with E-state index in [-0.39, 0.29) is 6.04 Å². The highest BCUT2D eigenvalue weighted by molar-refractivity contribution is 5.95. The standard InChI is InChI=1S/C21H21NO2/c23-21(24)16-8-4-7-15-17-13-9-10-14(11-13)18(17)19(22-20(15)16)12-5-2-1-3-6-12/h1-8,13-14,17-19,22H,9-11H2,(H,23,24)/t13-,14-,17+,18-,19+/m0/s1. The van der Waals surface area contributed by atoms with Crippen molar-refractivity contribution >= 4 is 11.7 Å². The molecule has 2 aromatic carbocycles. The number of para-hydroxylation sites is 1. The molecule has 0 radical (unpaired) electrons. The summed E-state index contributed by atoms with van der Waals surface area (Å²) in [6.07, 6.45) is 3.92. The molecular weight excluding hydrogens is 298 g/mol. The number of carboxylic acids is 1. The number of fused-ring (bicyclic) bond motifs is 7. The summed E-state index contributed by atoms with van der Waals surface area (Å²) in [5.41, 5.74) is 3.78. The molecule has 2 fully saturated rings. The fourth-order valence-electron chi connectivity index (χ4n) is 5.68. The maximum absolute atomic E-state index is 11.7. The summed E-state index contributed by atoms with van der Waals surface area (Å²) < 4.78 is 0. The molecule has 2 N–H and O–H groups in total. The van der Waals surface area contributed by atoms with E-state index >= 15 is 0 Å². The highest BCUT2D eigenvalue weighted by Gasteiger charge is 2.54. The van der Waals surface area contributed by atoms with Gasteiger partial charge in [0, 0.05) is 0 Å². The lowest BCUT2D eigenvalue weighted by molar-refractivity contribution is 0.0697. The molecule has 3 aliphatic rings. The fourth-order valence-corrected chi connectivity index (χ4v) is 5.68. The summed E-state index contributed by atoms with van der Waals surface area (Å²) >= 11 is 0. The number of aromatic carboxylic acids is 1. The van der Waals surface area contributed by atoms with Gasteiger partial charge < -0.3 is 10.4 Å². The third-order valence-electron chi connectivity index (χ3n) is 6.51. The lowest BCUT2D eigenvalue weighted by Gasteiger charge is -2.44. The number of anilines is 1. The van der Waals surface area contributed by atoms with Gasteiger partial charge >= 0.3 is 5.97 Å². The highest BCUT2D eigenvalue weighted by Crippen LogP contribution is 2.63. The van der Waals surface area contributed by atoms with Crippen LogP contribution in [0.2, 0.25) is 0 Å². The number of hydrogen-bond acceptors (Lipinski definition) is 2. The quantitative estimate of drug-likeness (QED) is 0.845. The molecule has 0 saturated heterocycles. The van der Waals surface area contributed by atoms with Crippen molar-refractivity contribution < 1.29 is 9.90 Å². The molecule has 5 rings (SSSR count). The van der Waals surface area contributed by atoms with Crippen LogP contribution in [-0.2, 0) is 0 Å². The second-order valence-electron chi connectivity index (χ2n) is 7.54. The van der Waals surface area contributed by atoms with Gasteiger partial charge in [-0.05, 0) is 60.1 Å². The van der Waals surface area contributed by atoms with E-state index in [4.69, 9.17) is 0 Å². The Morgan fingerprint density at radius 1 is 1.00 bits per heavy atom. The lowest BCUT2D eigenvalue weighted by atomic mass is 9.67. The molecule has 5 atom stereocenters. The molecule has 0 spiro atoms. The molecular formula is C21H21NO2. The van der Waals surface area contributed by atoms with Crippen LogP contribution in [0.1, 0.15) is 52.7 Å². The van der Waals surface area contributed by atoms with Crippen LogP contribution in [0.4, 0.5) is 5.69 Å². The Balaban J connectivity index is 1.69. The van der Waals surface area contributed by atoms with Gasteiger partial charge in [-0.3, -0.25) is 0 Å². The summed E-state index contributed by atoms with van der Waals surface area (Å²) in [4.78, 5) is 11.7. The first kappa shape index (κ1) is 14.1. The number of carbonyl (C=O) groups is 1. The molecule has 2 saturated carbocycles. The summed E-state index contributed by atoms with van der Waals surface area (Å²) in [5.74, 6) is 1.73. The van der Waals surface area contributed by atoms with Crippen molar-refractivity contribution in [2.45, 2.75) is 31.2 Å². The monoisotopic (exact) mass is 319 g/mol. The minimum atomic E-state index is -0.840. The summed E-state index contributed by atoms with van der Waals surface area (Å²) in [7, 11) is 0. The van der Waals surface area contributed by atoms with Crippen LogP contribution < -0.4 is 5.32 Å². The highest BCUT2D eigenvalue weighted by atomic mass is 16.4. The van der Waals surface area contributed by atoms with Crippen molar-refractivity contribution in [2.75, 3.05) is 5.32 Å². The molecule has 0 unspecified atom stereocenters. The molecule has 2 aliphatic carbocycles. The third-order valence-corrected chi connectivity index (χ3v) is 6.51. The lowest BCUT2D eigenvalue weighted by Crippen LogP contribution is -2.36. The van der Waals surface area contributed by atoms with E-state index in [0.717, 1.165) is 17.5 Å². The van der Waals surface area contributed by atoms with E-state index in [0.29, 0.717) is 17.4 Å². The van der Waals surface area contributed by atoms with Crippen LogP contribution in [-0.4, -0.2) is 11.1 Å². The number of hydrogen-bond donors (Lipinski definition) is 2. The van der Waals surface area contributed by atoms with Crippen molar-refractivity contribution in [3.8, 4) is 0 Å². The van der Waals surface area contributed by atoms with Crippen molar-refractivity contribution in [3.05, 3.63) is 65.2 Å². The zero-order valence-corrected chi connectivity index (χ0v) is 13.5. The van der Waals surface area contributed by atoms with Gasteiger partial charge in [0.25, 0.3) is 0 Å². The first-order chi connectivity index (χ1) is 11.7. The van der Waals surface area contributed by atoms with Gasteiger partial charge in [0.15, 0.2) is 0 Å². The van der Waals surface area contributed by atoms with E-state index in [2.05, 4.69) is 35.6 Å². The van der Waals surface area contributed by atoms with Crippen LogP contribution >= 0.6 is 0 Å². The van der Waals surface area contributed by atoms with Gasteiger partial charge in [0.2, 0.25) is 0 Å². The maximum atomic E-state index is 11.7. The Kier molecular flexibility index (Phi) is 2.99. The third kappa shape index (κ3) is 1.87. The number of carboxylic acid groups (broad SMARTS) is 1. The Bertz CT molecular complexity index is 801. The van der Waals surface area contributed by atoms with Gasteiger partial charge in [-0.25, -0.2) is 4.79 Å². The van der Waals surface area contributed by atoms with Crippen molar-refractivity contribution in [2.24, 2.45) is 17.8 Å². The van der Waals surface area contributed by atoms with Gasteiger partial charge in [-0.1, -0.05) is 42.5 Å². The van der Waals surface area contributed by atoms with Crippen LogP contribution in [0.5, 0.6) is 0 Å². The van der Waals surface area contributed by atoms with Gasteiger partial charge in [-0.2, -0.15) is 0 Å². The maximum Gasteiger partial charge on any atom is 0.337 e. The molecule has 2 bridgehead atoms. The Morgan fingerprint density at radius 3 is 2.58 bits per heavy atom. The van der Waals surface area contributed by atoms with Crippen LogP contribution in [0.3, 0.4) is 0 Å². The smallest absolute Gasteiger partial charge is 0.337 e. The van der Waals surface area contributed by atoms with E-state index in [1.54, 1.807) is 6.07 Å². The second-order valence-corrected chi connectivity index (χ2v) is 7.54. The van der Waals surface area contributed by atoms with E-state index in [1.165, 1.54) is 30.4 Å². The minimum Gasteiger partial charge on any atom is -0.478 e. The first-order valence-corrected chi connectivity index (χ1v) is 8.91. The zero-order chi connectivity index (χ0) is 16.3. The van der Waals surface area contributed by atoms with Crippen LogP contribution in [0, 0.1) is 17.8 Å². The molecule has 122 valence electrons. The minimum absolute atomic E-state index is 0.222. The number of rotatable bonds is 2. The molecule has 0 amide bonds. The SMILES string of the molecule is O=C(O)c1cccc2c1N[C@H](c1ccccc1)[C@H]1[C@H]3CC[C@@H](C3)[C@H]21. The topological polar surface area (TPSA) is 49.3 Å². The molecule has 3 heteroatoms. The zero-order valence-electron chi connectivity index (χ0n) is 13.5. The van der Waals surface area contributed by atoms with Gasteiger partial charge in [0.05, 0.1) is 17.3 Å². The van der Waals surface area contributed by atoms with Crippen LogP contribution in [0.15, 0.2) is 48.5 Å². The predicted molar refractivity (Wildman–Crippen MR) is 93.3 cm³/mol. The Morgan fingerprint density at radius 2 is 1.79 bits per heavy atom. The fraction of sp³-hybridized carbons (Fsp3) is 0.381. The van der Waals surface area contributed by atoms with Crippen molar-refractivity contribution in [1.29, 1.82) is 0 Å². The molecule has 2 aromatic rings. The normalized spacial score (nSPS) is 32.8. The van der Waals surface area contributed by atoms with Crippen LogP contribution in [0.25, 0.3) is 0 Å². The predicted octanol–water partition coefficient (Wildman–Crippen LogP) is 4.68. The molecule has 24 heavy (non-hydrogen) atoms. The van der Waals surface area contributed by atoms with Gasteiger partial charge in [0.1, 0.15) is 0 Å². The van der Waals surface area contributed by atoms with Crippen molar-refractivity contribution in [3.63, 3.8) is 0 Å². The van der Waals surface area contributed by atoms with E-state index in [1.807, 2.05) is 12.1 Å². The number of benzene rings is 2. The molecule has 1 heterocycles. The van der Waals surface area contributed by atoms with E-state index < -0.39 is 5.97 Å². The van der Waals surface area contributed by atoms with E-state index in [9.17, 15) is 9.90 Å².